The van der Waals surface area contributed by atoms with Gasteiger partial charge in [-0.1, -0.05) is 22.9 Å². The minimum Gasteiger partial charge on any atom is -0.493 e. The lowest BCUT2D eigenvalue weighted by Gasteiger charge is -2.23. The van der Waals surface area contributed by atoms with E-state index in [0.29, 0.717) is 6.54 Å². The standard InChI is InChI=1S/C14H20BrNO2/c1-4-9-12(14(8-16)5-6-14)10(15)7-11(17-2)13(9)18-3/h7H,4-6,8,16H2,1-3H3. The van der Waals surface area contributed by atoms with E-state index < -0.39 is 0 Å². The van der Waals surface area contributed by atoms with Gasteiger partial charge in [-0.25, -0.2) is 0 Å². The molecular weight excluding hydrogens is 294 g/mol. The molecule has 0 radical (unpaired) electrons. The van der Waals surface area contributed by atoms with E-state index in [-0.39, 0.29) is 5.41 Å². The van der Waals surface area contributed by atoms with Gasteiger partial charge in [0.1, 0.15) is 0 Å². The van der Waals surface area contributed by atoms with Crippen molar-refractivity contribution in [2.75, 3.05) is 20.8 Å². The maximum atomic E-state index is 5.96. The lowest BCUT2D eigenvalue weighted by atomic mass is 9.89. The van der Waals surface area contributed by atoms with Crippen molar-refractivity contribution in [3.05, 3.63) is 21.7 Å². The summed E-state index contributed by atoms with van der Waals surface area (Å²) in [5, 5.41) is 0. The van der Waals surface area contributed by atoms with Crippen LogP contribution in [0, 0.1) is 0 Å². The topological polar surface area (TPSA) is 44.5 Å². The molecule has 0 spiro atoms. The monoisotopic (exact) mass is 313 g/mol. The molecule has 0 aromatic heterocycles. The first-order chi connectivity index (χ1) is 8.63. The maximum Gasteiger partial charge on any atom is 0.164 e. The third-order valence-electron chi connectivity index (χ3n) is 3.85. The van der Waals surface area contributed by atoms with E-state index in [1.54, 1.807) is 14.2 Å². The molecule has 100 valence electrons. The average Bonchev–Trinajstić information content (AvgIpc) is 3.17. The third kappa shape index (κ3) is 2.01. The van der Waals surface area contributed by atoms with Crippen molar-refractivity contribution in [2.45, 2.75) is 31.6 Å². The first kappa shape index (κ1) is 13.7. The molecule has 18 heavy (non-hydrogen) atoms. The number of benzene rings is 1. The van der Waals surface area contributed by atoms with Gasteiger partial charge in [0.2, 0.25) is 0 Å². The van der Waals surface area contributed by atoms with Crippen molar-refractivity contribution < 1.29 is 9.47 Å². The van der Waals surface area contributed by atoms with Crippen molar-refractivity contribution in [3.8, 4) is 11.5 Å². The van der Waals surface area contributed by atoms with Crippen LogP contribution < -0.4 is 15.2 Å². The van der Waals surface area contributed by atoms with Gasteiger partial charge in [-0.2, -0.15) is 0 Å². The molecule has 0 amide bonds. The van der Waals surface area contributed by atoms with Crippen molar-refractivity contribution in [1.29, 1.82) is 0 Å². The van der Waals surface area contributed by atoms with Gasteiger partial charge in [-0.05, 0) is 30.9 Å². The van der Waals surface area contributed by atoms with Crippen LogP contribution in [0.4, 0.5) is 0 Å². The number of hydrogen-bond acceptors (Lipinski definition) is 3. The third-order valence-corrected chi connectivity index (χ3v) is 4.47. The number of methoxy groups -OCH3 is 2. The Morgan fingerprint density at radius 1 is 1.33 bits per heavy atom. The molecule has 0 unspecified atom stereocenters. The largest absolute Gasteiger partial charge is 0.493 e. The zero-order valence-electron chi connectivity index (χ0n) is 11.2. The number of nitrogens with two attached hydrogens (primary N) is 1. The van der Waals surface area contributed by atoms with Gasteiger partial charge in [0, 0.05) is 22.0 Å². The van der Waals surface area contributed by atoms with Gasteiger partial charge in [-0.3, -0.25) is 0 Å². The van der Waals surface area contributed by atoms with Crippen LogP contribution in [0.1, 0.15) is 30.9 Å². The minimum absolute atomic E-state index is 0.143. The van der Waals surface area contributed by atoms with Crippen LogP contribution in [0.25, 0.3) is 0 Å². The van der Waals surface area contributed by atoms with Gasteiger partial charge in [0.15, 0.2) is 11.5 Å². The number of rotatable bonds is 5. The fraction of sp³-hybridized carbons (Fsp3) is 0.571. The Hall–Kier alpha value is -0.740. The Kier molecular flexibility index (Phi) is 3.87. The molecule has 0 aliphatic heterocycles. The highest BCUT2D eigenvalue weighted by molar-refractivity contribution is 9.10. The smallest absolute Gasteiger partial charge is 0.164 e. The van der Waals surface area contributed by atoms with Crippen LogP contribution in [0.2, 0.25) is 0 Å². The van der Waals surface area contributed by atoms with E-state index in [2.05, 4.69) is 22.9 Å². The Morgan fingerprint density at radius 2 is 2.00 bits per heavy atom. The van der Waals surface area contributed by atoms with Crippen LogP contribution in [0.3, 0.4) is 0 Å². The molecule has 1 fully saturated rings. The molecule has 1 aromatic carbocycles. The van der Waals surface area contributed by atoms with E-state index in [9.17, 15) is 0 Å². The maximum absolute atomic E-state index is 5.96. The highest BCUT2D eigenvalue weighted by Crippen LogP contribution is 2.54. The van der Waals surface area contributed by atoms with E-state index in [0.717, 1.165) is 35.2 Å². The lowest BCUT2D eigenvalue weighted by Crippen LogP contribution is -2.22. The molecule has 2 rings (SSSR count). The molecule has 2 N–H and O–H groups in total. The molecule has 0 saturated heterocycles. The fourth-order valence-electron chi connectivity index (χ4n) is 2.65. The van der Waals surface area contributed by atoms with Crippen molar-refractivity contribution in [1.82, 2.24) is 0 Å². The molecule has 1 aromatic rings. The Balaban J connectivity index is 2.65. The summed E-state index contributed by atoms with van der Waals surface area (Å²) < 4.78 is 12.0. The Bertz CT molecular complexity index is 456. The number of halogens is 1. The summed E-state index contributed by atoms with van der Waals surface area (Å²) in [7, 11) is 3.36. The summed E-state index contributed by atoms with van der Waals surface area (Å²) in [4.78, 5) is 0. The first-order valence-corrected chi connectivity index (χ1v) is 7.06. The second kappa shape index (κ2) is 5.10. The zero-order chi connectivity index (χ0) is 13.3. The van der Waals surface area contributed by atoms with Crippen LogP contribution >= 0.6 is 15.9 Å². The van der Waals surface area contributed by atoms with Crippen molar-refractivity contribution >= 4 is 15.9 Å². The van der Waals surface area contributed by atoms with E-state index in [1.165, 1.54) is 11.1 Å². The van der Waals surface area contributed by atoms with Crippen LogP contribution in [-0.2, 0) is 11.8 Å². The van der Waals surface area contributed by atoms with Gasteiger partial charge in [-0.15, -0.1) is 0 Å². The van der Waals surface area contributed by atoms with Crippen molar-refractivity contribution in [3.63, 3.8) is 0 Å². The molecule has 0 bridgehead atoms. The van der Waals surface area contributed by atoms with Gasteiger partial charge in [0.25, 0.3) is 0 Å². The number of ether oxygens (including phenoxy) is 2. The van der Waals surface area contributed by atoms with Crippen LogP contribution in [0.5, 0.6) is 11.5 Å². The zero-order valence-corrected chi connectivity index (χ0v) is 12.8. The summed E-state index contributed by atoms with van der Waals surface area (Å²) in [6.07, 6.45) is 3.23. The Morgan fingerprint density at radius 3 is 2.39 bits per heavy atom. The molecule has 1 saturated carbocycles. The Labute approximate surface area is 117 Å². The predicted molar refractivity (Wildman–Crippen MR) is 76.6 cm³/mol. The second-order valence-corrected chi connectivity index (χ2v) is 5.64. The van der Waals surface area contributed by atoms with Gasteiger partial charge >= 0.3 is 0 Å². The van der Waals surface area contributed by atoms with E-state index >= 15 is 0 Å². The highest BCUT2D eigenvalue weighted by Gasteiger charge is 2.46. The summed E-state index contributed by atoms with van der Waals surface area (Å²) in [5.41, 5.74) is 8.63. The molecule has 3 nitrogen and oxygen atoms in total. The lowest BCUT2D eigenvalue weighted by molar-refractivity contribution is 0.350. The molecule has 4 heteroatoms. The van der Waals surface area contributed by atoms with E-state index in [4.69, 9.17) is 15.2 Å². The summed E-state index contributed by atoms with van der Waals surface area (Å²) >= 11 is 3.67. The van der Waals surface area contributed by atoms with Gasteiger partial charge in [0.05, 0.1) is 14.2 Å². The fourth-order valence-corrected chi connectivity index (χ4v) is 3.52. The SMILES string of the molecule is CCc1c(OC)c(OC)cc(Br)c1C1(CN)CC1. The van der Waals surface area contributed by atoms with E-state index in [1.807, 2.05) is 6.07 Å². The molecule has 1 aliphatic carbocycles. The summed E-state index contributed by atoms with van der Waals surface area (Å²) in [5.74, 6) is 1.62. The summed E-state index contributed by atoms with van der Waals surface area (Å²) in [6, 6.07) is 1.99. The highest BCUT2D eigenvalue weighted by atomic mass is 79.9. The molecule has 0 heterocycles. The molecule has 0 atom stereocenters. The molecular formula is C14H20BrNO2. The quantitative estimate of drug-likeness (QED) is 0.908. The van der Waals surface area contributed by atoms with Crippen LogP contribution in [-0.4, -0.2) is 20.8 Å². The average molecular weight is 314 g/mol. The normalized spacial score (nSPS) is 16.5. The molecule has 1 aliphatic rings. The van der Waals surface area contributed by atoms with Gasteiger partial charge < -0.3 is 15.2 Å². The predicted octanol–water partition coefficient (Wildman–Crippen LogP) is 3.02. The second-order valence-electron chi connectivity index (χ2n) is 4.79. The van der Waals surface area contributed by atoms with Crippen LogP contribution in [0.15, 0.2) is 10.5 Å². The number of hydrogen-bond donors (Lipinski definition) is 1. The first-order valence-electron chi connectivity index (χ1n) is 6.27. The van der Waals surface area contributed by atoms with Crippen molar-refractivity contribution in [2.24, 2.45) is 5.73 Å². The minimum atomic E-state index is 0.143. The summed E-state index contributed by atoms with van der Waals surface area (Å²) in [6.45, 7) is 2.83.